The van der Waals surface area contributed by atoms with E-state index in [9.17, 15) is 4.79 Å². The molecule has 94 valence electrons. The molecule has 2 heterocycles. The van der Waals surface area contributed by atoms with Gasteiger partial charge in [0.15, 0.2) is 0 Å². The summed E-state index contributed by atoms with van der Waals surface area (Å²) in [6, 6.07) is 3.30. The van der Waals surface area contributed by atoms with Crippen LogP contribution in [0.1, 0.15) is 25.1 Å². The number of H-pyrrole nitrogens is 1. The minimum absolute atomic E-state index is 0.173. The molecule has 3 N–H and O–H groups in total. The third kappa shape index (κ3) is 1.65. The number of aromatic amines is 1. The number of hydrogen-bond donors (Lipinski definition) is 2. The molecule has 0 saturated heterocycles. The number of nitrogens with two attached hydrogens (primary N) is 1. The van der Waals surface area contributed by atoms with Gasteiger partial charge in [0.05, 0.1) is 16.9 Å². The minimum atomic E-state index is -0.465. The fourth-order valence-electron chi connectivity index (χ4n) is 2.24. The highest BCUT2D eigenvalue weighted by Crippen LogP contribution is 2.36. The summed E-state index contributed by atoms with van der Waals surface area (Å²) in [4.78, 5) is 19.0. The number of nitrogens with zero attached hydrogens (tertiary/aromatic N) is 3. The highest BCUT2D eigenvalue weighted by Gasteiger charge is 2.37. The molecule has 1 aliphatic carbocycles. The first-order valence-corrected chi connectivity index (χ1v) is 5.98. The van der Waals surface area contributed by atoms with E-state index in [1.165, 1.54) is 6.07 Å². The number of nitrogens with one attached hydrogen (secondary N) is 1. The molecule has 1 fully saturated rings. The molecular formula is C12H15N5O. The molecule has 2 aromatic heterocycles. The van der Waals surface area contributed by atoms with Crippen molar-refractivity contribution in [3.63, 3.8) is 0 Å². The third-order valence-electron chi connectivity index (χ3n) is 3.54. The molecule has 0 bridgehead atoms. The third-order valence-corrected chi connectivity index (χ3v) is 3.54. The van der Waals surface area contributed by atoms with E-state index in [2.05, 4.69) is 15.1 Å². The normalized spacial score (nSPS) is 17.4. The number of aromatic nitrogens is 4. The van der Waals surface area contributed by atoms with Crippen LogP contribution >= 0.6 is 0 Å². The van der Waals surface area contributed by atoms with Crippen LogP contribution in [-0.4, -0.2) is 19.7 Å². The van der Waals surface area contributed by atoms with Crippen LogP contribution in [0.25, 0.3) is 11.4 Å². The van der Waals surface area contributed by atoms with Gasteiger partial charge in [-0.2, -0.15) is 5.10 Å². The summed E-state index contributed by atoms with van der Waals surface area (Å²) in [5.74, 6) is 0.581. The van der Waals surface area contributed by atoms with Gasteiger partial charge < -0.3 is 10.7 Å². The van der Waals surface area contributed by atoms with Crippen LogP contribution in [0.5, 0.6) is 0 Å². The number of hydrogen-bond acceptors (Lipinski definition) is 4. The average Bonchev–Trinajstić information content (AvgIpc) is 2.71. The quantitative estimate of drug-likeness (QED) is 0.806. The van der Waals surface area contributed by atoms with E-state index in [1.807, 2.05) is 13.1 Å². The van der Waals surface area contributed by atoms with Crippen LogP contribution in [-0.2, 0) is 12.6 Å². The Labute approximate surface area is 104 Å². The van der Waals surface area contributed by atoms with Gasteiger partial charge in [0, 0.05) is 19.3 Å². The SMILES string of the molecule is Cn1nccc1-c1cc(=O)[nH]c(C2(N)CCC2)n1. The molecule has 0 atom stereocenters. The van der Waals surface area contributed by atoms with E-state index in [0.717, 1.165) is 25.0 Å². The van der Waals surface area contributed by atoms with Crippen molar-refractivity contribution in [2.45, 2.75) is 24.8 Å². The summed E-state index contributed by atoms with van der Waals surface area (Å²) in [5.41, 5.74) is 6.99. The Kier molecular flexibility index (Phi) is 2.34. The van der Waals surface area contributed by atoms with Gasteiger partial charge in [-0.15, -0.1) is 0 Å². The fourth-order valence-corrected chi connectivity index (χ4v) is 2.24. The van der Waals surface area contributed by atoms with Gasteiger partial charge in [0.25, 0.3) is 5.56 Å². The van der Waals surface area contributed by atoms with Crippen molar-refractivity contribution in [3.8, 4) is 11.4 Å². The molecule has 18 heavy (non-hydrogen) atoms. The largest absolute Gasteiger partial charge is 0.319 e. The lowest BCUT2D eigenvalue weighted by Crippen LogP contribution is -2.45. The molecule has 0 aromatic carbocycles. The zero-order valence-electron chi connectivity index (χ0n) is 10.2. The van der Waals surface area contributed by atoms with Crippen molar-refractivity contribution in [3.05, 3.63) is 34.5 Å². The van der Waals surface area contributed by atoms with E-state index in [1.54, 1.807) is 10.9 Å². The lowest BCUT2D eigenvalue weighted by molar-refractivity contribution is 0.238. The standard InChI is InChI=1S/C12H15N5O/c1-17-9(3-6-14-17)8-7-10(18)16-11(15-8)12(13)4-2-5-12/h3,6-7H,2,4-5,13H2,1H3,(H,15,16,18). The Hall–Kier alpha value is -1.95. The first kappa shape index (κ1) is 11.2. The molecule has 0 radical (unpaired) electrons. The van der Waals surface area contributed by atoms with Crippen molar-refractivity contribution in [2.24, 2.45) is 12.8 Å². The van der Waals surface area contributed by atoms with Crippen LogP contribution in [0.4, 0.5) is 0 Å². The molecule has 3 rings (SSSR count). The van der Waals surface area contributed by atoms with Crippen LogP contribution in [0, 0.1) is 0 Å². The summed E-state index contributed by atoms with van der Waals surface area (Å²) in [6.07, 6.45) is 4.49. The molecule has 0 spiro atoms. The van der Waals surface area contributed by atoms with Crippen molar-refractivity contribution in [1.29, 1.82) is 0 Å². The fraction of sp³-hybridized carbons (Fsp3) is 0.417. The maximum absolute atomic E-state index is 11.7. The highest BCUT2D eigenvalue weighted by atomic mass is 16.1. The first-order chi connectivity index (χ1) is 8.58. The molecule has 1 aliphatic rings. The molecule has 1 saturated carbocycles. The van der Waals surface area contributed by atoms with Crippen LogP contribution in [0.3, 0.4) is 0 Å². The molecule has 2 aromatic rings. The Balaban J connectivity index is 2.12. The predicted molar refractivity (Wildman–Crippen MR) is 66.8 cm³/mol. The van der Waals surface area contributed by atoms with E-state index >= 15 is 0 Å². The maximum atomic E-state index is 11.7. The smallest absolute Gasteiger partial charge is 0.251 e. The predicted octanol–water partition coefficient (Wildman–Crippen LogP) is 0.508. The molecule has 0 amide bonds. The van der Waals surface area contributed by atoms with Gasteiger partial charge in [-0.1, -0.05) is 0 Å². The monoisotopic (exact) mass is 245 g/mol. The van der Waals surface area contributed by atoms with Crippen molar-refractivity contribution >= 4 is 0 Å². The zero-order valence-corrected chi connectivity index (χ0v) is 10.2. The highest BCUT2D eigenvalue weighted by molar-refractivity contribution is 5.53. The van der Waals surface area contributed by atoms with Gasteiger partial charge in [0.1, 0.15) is 5.82 Å². The number of aryl methyl sites for hydroxylation is 1. The van der Waals surface area contributed by atoms with E-state index < -0.39 is 5.54 Å². The van der Waals surface area contributed by atoms with Gasteiger partial charge >= 0.3 is 0 Å². The summed E-state index contributed by atoms with van der Waals surface area (Å²) < 4.78 is 1.69. The summed E-state index contributed by atoms with van der Waals surface area (Å²) in [6.45, 7) is 0. The summed E-state index contributed by atoms with van der Waals surface area (Å²) in [5, 5.41) is 4.08. The molecule has 6 nitrogen and oxygen atoms in total. The molecular weight excluding hydrogens is 230 g/mol. The minimum Gasteiger partial charge on any atom is -0.319 e. The van der Waals surface area contributed by atoms with Crippen molar-refractivity contribution < 1.29 is 0 Å². The zero-order chi connectivity index (χ0) is 12.8. The summed E-state index contributed by atoms with van der Waals surface area (Å²) >= 11 is 0. The van der Waals surface area contributed by atoms with Gasteiger partial charge in [0.2, 0.25) is 0 Å². The molecule has 0 aliphatic heterocycles. The van der Waals surface area contributed by atoms with Crippen LogP contribution in [0.15, 0.2) is 23.1 Å². The average molecular weight is 245 g/mol. The topological polar surface area (TPSA) is 89.6 Å². The second-order valence-corrected chi connectivity index (χ2v) is 4.83. The lowest BCUT2D eigenvalue weighted by atomic mass is 9.77. The van der Waals surface area contributed by atoms with E-state index in [-0.39, 0.29) is 5.56 Å². The Bertz CT molecular complexity index is 638. The molecule has 6 heteroatoms. The Morgan fingerprint density at radius 1 is 1.50 bits per heavy atom. The van der Waals surface area contributed by atoms with Gasteiger partial charge in [-0.05, 0) is 25.3 Å². The first-order valence-electron chi connectivity index (χ1n) is 5.98. The second-order valence-electron chi connectivity index (χ2n) is 4.83. The van der Waals surface area contributed by atoms with Crippen molar-refractivity contribution in [1.82, 2.24) is 19.7 Å². The van der Waals surface area contributed by atoms with E-state index in [4.69, 9.17) is 5.73 Å². The number of rotatable bonds is 2. The molecule has 0 unspecified atom stereocenters. The lowest BCUT2D eigenvalue weighted by Gasteiger charge is -2.36. The summed E-state index contributed by atoms with van der Waals surface area (Å²) in [7, 11) is 1.82. The van der Waals surface area contributed by atoms with Gasteiger partial charge in [-0.3, -0.25) is 9.48 Å². The van der Waals surface area contributed by atoms with Gasteiger partial charge in [-0.25, -0.2) is 4.98 Å². The second kappa shape index (κ2) is 3.78. The Morgan fingerprint density at radius 2 is 2.28 bits per heavy atom. The van der Waals surface area contributed by atoms with Crippen LogP contribution in [0.2, 0.25) is 0 Å². The maximum Gasteiger partial charge on any atom is 0.251 e. The van der Waals surface area contributed by atoms with E-state index in [0.29, 0.717) is 11.5 Å². The Morgan fingerprint density at radius 3 is 2.83 bits per heavy atom. The van der Waals surface area contributed by atoms with Crippen LogP contribution < -0.4 is 11.3 Å². The van der Waals surface area contributed by atoms with Crippen molar-refractivity contribution in [2.75, 3.05) is 0 Å².